The average Bonchev–Trinajstić information content (AvgIpc) is 2.99. The first-order valence-corrected chi connectivity index (χ1v) is 7.49. The van der Waals surface area contributed by atoms with Gasteiger partial charge in [0.1, 0.15) is 5.75 Å². The summed E-state index contributed by atoms with van der Waals surface area (Å²) >= 11 is 0. The summed E-state index contributed by atoms with van der Waals surface area (Å²) in [5.41, 5.74) is 1.04. The number of para-hydroxylation sites is 1. The number of hydrogen-bond acceptors (Lipinski definition) is 2. The molecule has 1 aromatic carbocycles. The largest absolute Gasteiger partial charge is 0.493 e. The van der Waals surface area contributed by atoms with Gasteiger partial charge in [-0.15, -0.1) is 0 Å². The molecule has 1 fully saturated rings. The van der Waals surface area contributed by atoms with Crippen molar-refractivity contribution in [3.8, 4) is 5.75 Å². The number of rotatable bonds is 5. The van der Waals surface area contributed by atoms with E-state index < -0.39 is 0 Å². The normalized spacial score (nSPS) is 16.0. The van der Waals surface area contributed by atoms with Crippen LogP contribution >= 0.6 is 0 Å². The first-order chi connectivity index (χ1) is 9.72. The van der Waals surface area contributed by atoms with Gasteiger partial charge in [0.05, 0.1) is 12.6 Å². The fraction of sp³-hybridized carbons (Fsp3) is 0.562. The van der Waals surface area contributed by atoms with Crippen molar-refractivity contribution >= 4 is 6.03 Å². The van der Waals surface area contributed by atoms with E-state index in [-0.39, 0.29) is 12.1 Å². The quantitative estimate of drug-likeness (QED) is 0.896. The summed E-state index contributed by atoms with van der Waals surface area (Å²) in [6, 6.07) is 7.90. The number of amides is 2. The smallest absolute Gasteiger partial charge is 0.317 e. The highest BCUT2D eigenvalue weighted by molar-refractivity contribution is 5.75. The standard InChI is InChI=1S/C16H24N2O2/c1-3-12-20-15-9-5-4-8-14(15)13(2)17-16(19)18-10-6-7-11-18/h4-5,8-9,13H,3,6-7,10-12H2,1-2H3,(H,17,19)/t13-/m1/s1. The van der Waals surface area contributed by atoms with Crippen LogP contribution in [0.1, 0.15) is 44.7 Å². The molecule has 4 heteroatoms. The molecule has 1 N–H and O–H groups in total. The summed E-state index contributed by atoms with van der Waals surface area (Å²) in [5.74, 6) is 0.864. The average molecular weight is 276 g/mol. The highest BCUT2D eigenvalue weighted by Crippen LogP contribution is 2.25. The second kappa shape index (κ2) is 7.17. The van der Waals surface area contributed by atoms with Crippen LogP contribution in [0.2, 0.25) is 0 Å². The third kappa shape index (κ3) is 3.65. The molecule has 4 nitrogen and oxygen atoms in total. The van der Waals surface area contributed by atoms with Gasteiger partial charge in [-0.3, -0.25) is 0 Å². The zero-order chi connectivity index (χ0) is 14.4. The van der Waals surface area contributed by atoms with E-state index in [9.17, 15) is 4.79 Å². The highest BCUT2D eigenvalue weighted by Gasteiger charge is 2.20. The van der Waals surface area contributed by atoms with Gasteiger partial charge in [0, 0.05) is 18.7 Å². The molecule has 0 saturated carbocycles. The molecule has 2 amide bonds. The molecule has 1 aliphatic rings. The van der Waals surface area contributed by atoms with E-state index in [1.54, 1.807) is 0 Å². The molecule has 1 aliphatic heterocycles. The van der Waals surface area contributed by atoms with Crippen molar-refractivity contribution in [3.05, 3.63) is 29.8 Å². The predicted molar refractivity (Wildman–Crippen MR) is 80.0 cm³/mol. The molecule has 0 aliphatic carbocycles. The molecule has 1 atom stereocenters. The van der Waals surface area contributed by atoms with Gasteiger partial charge in [-0.2, -0.15) is 0 Å². The second-order valence-electron chi connectivity index (χ2n) is 5.25. The molecule has 20 heavy (non-hydrogen) atoms. The van der Waals surface area contributed by atoms with Crippen LogP contribution in [0.4, 0.5) is 4.79 Å². The molecule has 2 rings (SSSR count). The van der Waals surface area contributed by atoms with E-state index >= 15 is 0 Å². The highest BCUT2D eigenvalue weighted by atomic mass is 16.5. The molecule has 0 aromatic heterocycles. The Hall–Kier alpha value is -1.71. The molecule has 1 aromatic rings. The van der Waals surface area contributed by atoms with Crippen molar-refractivity contribution in [1.82, 2.24) is 10.2 Å². The van der Waals surface area contributed by atoms with Gasteiger partial charge in [-0.05, 0) is 32.3 Å². The van der Waals surface area contributed by atoms with Gasteiger partial charge in [0.2, 0.25) is 0 Å². The lowest BCUT2D eigenvalue weighted by Crippen LogP contribution is -2.39. The molecular weight excluding hydrogens is 252 g/mol. The fourth-order valence-electron chi connectivity index (χ4n) is 2.46. The SMILES string of the molecule is CCCOc1ccccc1[C@@H](C)NC(=O)N1CCCC1. The zero-order valence-electron chi connectivity index (χ0n) is 12.4. The third-order valence-electron chi connectivity index (χ3n) is 3.58. The maximum absolute atomic E-state index is 12.1. The molecule has 0 bridgehead atoms. The zero-order valence-corrected chi connectivity index (χ0v) is 12.4. The number of carbonyl (C=O) groups is 1. The number of benzene rings is 1. The van der Waals surface area contributed by atoms with E-state index in [4.69, 9.17) is 4.74 Å². The number of nitrogens with zero attached hydrogens (tertiary/aromatic N) is 1. The second-order valence-corrected chi connectivity index (χ2v) is 5.25. The summed E-state index contributed by atoms with van der Waals surface area (Å²) in [7, 11) is 0. The van der Waals surface area contributed by atoms with Gasteiger partial charge in [0.25, 0.3) is 0 Å². The van der Waals surface area contributed by atoms with Gasteiger partial charge in [-0.25, -0.2) is 4.79 Å². The summed E-state index contributed by atoms with van der Waals surface area (Å²) in [6.45, 7) is 6.52. The first-order valence-electron chi connectivity index (χ1n) is 7.49. The van der Waals surface area contributed by atoms with Crippen LogP contribution in [0, 0.1) is 0 Å². The Kier molecular flexibility index (Phi) is 5.27. The van der Waals surface area contributed by atoms with Crippen LogP contribution in [0.25, 0.3) is 0 Å². The maximum Gasteiger partial charge on any atom is 0.317 e. The fourth-order valence-corrected chi connectivity index (χ4v) is 2.46. The molecule has 0 spiro atoms. The number of nitrogens with one attached hydrogen (secondary N) is 1. The molecular formula is C16H24N2O2. The summed E-state index contributed by atoms with van der Waals surface area (Å²) < 4.78 is 5.75. The number of ether oxygens (including phenoxy) is 1. The molecule has 1 heterocycles. The lowest BCUT2D eigenvalue weighted by atomic mass is 10.1. The number of hydrogen-bond donors (Lipinski definition) is 1. The Morgan fingerprint density at radius 1 is 1.35 bits per heavy atom. The van der Waals surface area contributed by atoms with Crippen LogP contribution in [0.3, 0.4) is 0 Å². The van der Waals surface area contributed by atoms with Crippen molar-refractivity contribution in [1.29, 1.82) is 0 Å². The van der Waals surface area contributed by atoms with Crippen LogP contribution in [0.5, 0.6) is 5.75 Å². The minimum atomic E-state index is -0.0452. The number of carbonyl (C=O) groups excluding carboxylic acids is 1. The van der Waals surface area contributed by atoms with E-state index in [0.717, 1.165) is 43.7 Å². The topological polar surface area (TPSA) is 41.6 Å². The van der Waals surface area contributed by atoms with Crippen LogP contribution < -0.4 is 10.1 Å². The van der Waals surface area contributed by atoms with E-state index in [1.807, 2.05) is 36.1 Å². The van der Waals surface area contributed by atoms with Crippen molar-refractivity contribution in [2.45, 2.75) is 39.2 Å². The monoisotopic (exact) mass is 276 g/mol. The Morgan fingerprint density at radius 3 is 2.75 bits per heavy atom. The third-order valence-corrected chi connectivity index (χ3v) is 3.58. The molecule has 0 radical (unpaired) electrons. The first kappa shape index (κ1) is 14.7. The Bertz CT molecular complexity index is 442. The Labute approximate surface area is 121 Å². The van der Waals surface area contributed by atoms with Gasteiger partial charge >= 0.3 is 6.03 Å². The Morgan fingerprint density at radius 2 is 2.05 bits per heavy atom. The van der Waals surface area contributed by atoms with Crippen LogP contribution in [-0.4, -0.2) is 30.6 Å². The van der Waals surface area contributed by atoms with Crippen LogP contribution in [-0.2, 0) is 0 Å². The van der Waals surface area contributed by atoms with Crippen molar-refractivity contribution in [2.24, 2.45) is 0 Å². The number of urea groups is 1. The van der Waals surface area contributed by atoms with Gasteiger partial charge < -0.3 is 15.0 Å². The summed E-state index contributed by atoms with van der Waals surface area (Å²) in [6.07, 6.45) is 3.19. The Balaban J connectivity index is 2.00. The lowest BCUT2D eigenvalue weighted by Gasteiger charge is -2.22. The van der Waals surface area contributed by atoms with Gasteiger partial charge in [-0.1, -0.05) is 25.1 Å². The maximum atomic E-state index is 12.1. The summed E-state index contributed by atoms with van der Waals surface area (Å²) in [4.78, 5) is 14.0. The van der Waals surface area contributed by atoms with Crippen LogP contribution in [0.15, 0.2) is 24.3 Å². The van der Waals surface area contributed by atoms with Crippen molar-refractivity contribution in [2.75, 3.05) is 19.7 Å². The molecule has 110 valence electrons. The van der Waals surface area contributed by atoms with E-state index in [1.165, 1.54) is 0 Å². The number of likely N-dealkylation sites (tertiary alicyclic amines) is 1. The van der Waals surface area contributed by atoms with Crippen molar-refractivity contribution in [3.63, 3.8) is 0 Å². The lowest BCUT2D eigenvalue weighted by molar-refractivity contribution is 0.205. The van der Waals surface area contributed by atoms with Gasteiger partial charge in [0.15, 0.2) is 0 Å². The van der Waals surface area contributed by atoms with Crippen molar-refractivity contribution < 1.29 is 9.53 Å². The van der Waals surface area contributed by atoms with E-state index in [0.29, 0.717) is 6.61 Å². The minimum absolute atomic E-state index is 0.0281. The summed E-state index contributed by atoms with van der Waals surface area (Å²) in [5, 5.41) is 3.06. The predicted octanol–water partition coefficient (Wildman–Crippen LogP) is 3.34. The molecule has 1 saturated heterocycles. The minimum Gasteiger partial charge on any atom is -0.493 e. The molecule has 0 unspecified atom stereocenters. The van der Waals surface area contributed by atoms with E-state index in [2.05, 4.69) is 12.2 Å².